The third kappa shape index (κ3) is 3.99. The predicted molar refractivity (Wildman–Crippen MR) is 110 cm³/mol. The van der Waals surface area contributed by atoms with Crippen molar-refractivity contribution in [1.82, 2.24) is 10.3 Å². The van der Waals surface area contributed by atoms with Crippen LogP contribution in [0.25, 0.3) is 16.5 Å². The van der Waals surface area contributed by atoms with Crippen LogP contribution in [0.1, 0.15) is 24.8 Å². The average molecular weight is 381 g/mol. The Morgan fingerprint density at radius 2 is 1.78 bits per heavy atom. The molecule has 4 rings (SSSR count). The van der Waals surface area contributed by atoms with Crippen LogP contribution < -0.4 is 5.32 Å². The molecule has 0 saturated heterocycles. The zero-order chi connectivity index (χ0) is 18.7. The Morgan fingerprint density at radius 3 is 2.63 bits per heavy atom. The second-order valence-corrected chi connectivity index (χ2v) is 9.14. The first-order valence-corrected chi connectivity index (χ1v) is 11.1. The Kier molecular flexibility index (Phi) is 5.14. The molecule has 0 aliphatic carbocycles. The summed E-state index contributed by atoms with van der Waals surface area (Å²) >= 11 is 0. The number of para-hydroxylation sites is 1. The number of fused-ring (bicyclic) bond motifs is 1. The van der Waals surface area contributed by atoms with E-state index < -0.39 is 9.84 Å². The van der Waals surface area contributed by atoms with Crippen LogP contribution in [0.4, 0.5) is 0 Å². The molecule has 2 heterocycles. The van der Waals surface area contributed by atoms with Crippen molar-refractivity contribution in [2.24, 2.45) is 0 Å². The SMILES string of the molecule is O=S(=O)(CCCC1CC(c2ccccc2)=CCN1)c1c[nH]c2ccccc12. The molecule has 0 radical (unpaired) electrons. The number of rotatable bonds is 6. The van der Waals surface area contributed by atoms with Crippen LogP contribution in [0.5, 0.6) is 0 Å². The van der Waals surface area contributed by atoms with Gasteiger partial charge in [-0.05, 0) is 36.5 Å². The Bertz CT molecular complexity index is 1050. The fraction of sp³-hybridized carbons (Fsp3) is 0.273. The molecular weight excluding hydrogens is 356 g/mol. The van der Waals surface area contributed by atoms with Crippen LogP contribution in [-0.2, 0) is 9.84 Å². The van der Waals surface area contributed by atoms with E-state index in [2.05, 4.69) is 40.6 Å². The van der Waals surface area contributed by atoms with Crippen molar-refractivity contribution in [3.63, 3.8) is 0 Å². The molecule has 0 bridgehead atoms. The molecule has 1 atom stereocenters. The number of nitrogens with one attached hydrogen (secondary N) is 2. The van der Waals surface area contributed by atoms with E-state index in [1.165, 1.54) is 11.1 Å². The molecule has 1 aromatic heterocycles. The summed E-state index contributed by atoms with van der Waals surface area (Å²) in [7, 11) is -3.28. The van der Waals surface area contributed by atoms with Gasteiger partial charge < -0.3 is 10.3 Å². The number of hydrogen-bond donors (Lipinski definition) is 2. The van der Waals surface area contributed by atoms with E-state index in [0.29, 0.717) is 17.4 Å². The monoisotopic (exact) mass is 380 g/mol. The van der Waals surface area contributed by atoms with E-state index in [1.807, 2.05) is 30.3 Å². The average Bonchev–Trinajstić information content (AvgIpc) is 3.14. The van der Waals surface area contributed by atoms with Crippen molar-refractivity contribution < 1.29 is 8.42 Å². The van der Waals surface area contributed by atoms with Crippen molar-refractivity contribution in [1.29, 1.82) is 0 Å². The van der Waals surface area contributed by atoms with Crippen LogP contribution in [0.15, 0.2) is 71.8 Å². The summed E-state index contributed by atoms with van der Waals surface area (Å²) in [5, 5.41) is 4.27. The van der Waals surface area contributed by atoms with E-state index >= 15 is 0 Å². The molecule has 0 spiro atoms. The van der Waals surface area contributed by atoms with Gasteiger partial charge >= 0.3 is 0 Å². The molecule has 0 amide bonds. The lowest BCUT2D eigenvalue weighted by atomic mass is 9.93. The molecule has 5 heteroatoms. The standard InChI is InChI=1S/C22H24N2O2S/c25-27(26,22-16-24-21-11-5-4-10-20(21)22)14-6-9-19-15-18(12-13-23-19)17-7-2-1-3-8-17/h1-5,7-8,10-12,16,19,23-24H,6,9,13-15H2. The molecule has 1 aliphatic rings. The lowest BCUT2D eigenvalue weighted by Crippen LogP contribution is -2.33. The zero-order valence-corrected chi connectivity index (χ0v) is 16.0. The van der Waals surface area contributed by atoms with Gasteiger partial charge in [-0.3, -0.25) is 0 Å². The number of sulfone groups is 1. The van der Waals surface area contributed by atoms with Gasteiger partial charge in [0.2, 0.25) is 0 Å². The smallest absolute Gasteiger partial charge is 0.180 e. The Balaban J connectivity index is 1.38. The molecule has 1 aliphatic heterocycles. The van der Waals surface area contributed by atoms with Gasteiger partial charge in [0, 0.05) is 29.7 Å². The van der Waals surface area contributed by atoms with Gasteiger partial charge in [0.05, 0.1) is 10.6 Å². The third-order valence-electron chi connectivity index (χ3n) is 5.22. The van der Waals surface area contributed by atoms with Crippen LogP contribution in [-0.4, -0.2) is 31.7 Å². The molecule has 0 fully saturated rings. The third-order valence-corrected chi connectivity index (χ3v) is 7.05. The highest BCUT2D eigenvalue weighted by Gasteiger charge is 2.21. The van der Waals surface area contributed by atoms with E-state index in [1.54, 1.807) is 6.20 Å². The van der Waals surface area contributed by atoms with Crippen molar-refractivity contribution in [2.75, 3.05) is 12.3 Å². The summed E-state index contributed by atoms with van der Waals surface area (Å²) in [6.07, 6.45) is 6.30. The first-order chi connectivity index (χ1) is 13.1. The number of H-pyrrole nitrogens is 1. The van der Waals surface area contributed by atoms with Gasteiger partial charge in [-0.1, -0.05) is 54.6 Å². The second kappa shape index (κ2) is 7.71. The summed E-state index contributed by atoms with van der Waals surface area (Å²) in [6.45, 7) is 0.837. The maximum absolute atomic E-state index is 12.8. The fourth-order valence-electron chi connectivity index (χ4n) is 3.79. The highest BCUT2D eigenvalue weighted by atomic mass is 32.2. The topological polar surface area (TPSA) is 62.0 Å². The minimum atomic E-state index is -3.28. The van der Waals surface area contributed by atoms with Gasteiger partial charge in [0.1, 0.15) is 0 Å². The molecule has 0 saturated carbocycles. The van der Waals surface area contributed by atoms with Crippen LogP contribution in [0.3, 0.4) is 0 Å². The number of hydrogen-bond acceptors (Lipinski definition) is 3. The minimum absolute atomic E-state index is 0.178. The maximum atomic E-state index is 12.8. The molecule has 27 heavy (non-hydrogen) atoms. The van der Waals surface area contributed by atoms with E-state index in [4.69, 9.17) is 0 Å². The van der Waals surface area contributed by atoms with Crippen LogP contribution in [0.2, 0.25) is 0 Å². The highest BCUT2D eigenvalue weighted by molar-refractivity contribution is 7.91. The van der Waals surface area contributed by atoms with Gasteiger partial charge in [0.25, 0.3) is 0 Å². The quantitative estimate of drug-likeness (QED) is 0.675. The Hall–Kier alpha value is -2.37. The molecule has 1 unspecified atom stereocenters. The normalized spacial score (nSPS) is 17.8. The maximum Gasteiger partial charge on any atom is 0.180 e. The molecule has 2 aromatic carbocycles. The number of aromatic amines is 1. The summed E-state index contributed by atoms with van der Waals surface area (Å²) in [4.78, 5) is 3.48. The summed E-state index contributed by atoms with van der Waals surface area (Å²) in [5.74, 6) is 0.178. The molecule has 140 valence electrons. The van der Waals surface area contributed by atoms with Gasteiger partial charge in [0.15, 0.2) is 9.84 Å². The summed E-state index contributed by atoms with van der Waals surface area (Å²) in [5.41, 5.74) is 3.47. The lowest BCUT2D eigenvalue weighted by Gasteiger charge is -2.24. The van der Waals surface area contributed by atoms with Crippen molar-refractivity contribution in [3.05, 3.63) is 72.4 Å². The van der Waals surface area contributed by atoms with Crippen LogP contribution >= 0.6 is 0 Å². The van der Waals surface area contributed by atoms with E-state index in [0.717, 1.165) is 30.3 Å². The molecule has 4 nitrogen and oxygen atoms in total. The van der Waals surface area contributed by atoms with E-state index in [9.17, 15) is 8.42 Å². The molecule has 2 N–H and O–H groups in total. The number of aromatic nitrogens is 1. The first-order valence-electron chi connectivity index (χ1n) is 9.40. The Morgan fingerprint density at radius 1 is 1.00 bits per heavy atom. The van der Waals surface area contributed by atoms with Crippen LogP contribution in [0, 0.1) is 0 Å². The van der Waals surface area contributed by atoms with Gasteiger partial charge in [-0.25, -0.2) is 8.42 Å². The van der Waals surface area contributed by atoms with Gasteiger partial charge in [-0.2, -0.15) is 0 Å². The van der Waals surface area contributed by atoms with Crippen molar-refractivity contribution in [3.8, 4) is 0 Å². The largest absolute Gasteiger partial charge is 0.360 e. The lowest BCUT2D eigenvalue weighted by molar-refractivity contribution is 0.494. The number of benzene rings is 2. The molecule has 3 aromatic rings. The fourth-order valence-corrected chi connectivity index (χ4v) is 5.31. The second-order valence-electron chi connectivity index (χ2n) is 7.06. The minimum Gasteiger partial charge on any atom is -0.360 e. The highest BCUT2D eigenvalue weighted by Crippen LogP contribution is 2.26. The summed E-state index contributed by atoms with van der Waals surface area (Å²) < 4.78 is 25.6. The Labute approximate surface area is 160 Å². The first kappa shape index (κ1) is 18.0. The van der Waals surface area contributed by atoms with Crippen molar-refractivity contribution in [2.45, 2.75) is 30.2 Å². The van der Waals surface area contributed by atoms with E-state index in [-0.39, 0.29) is 5.75 Å². The summed E-state index contributed by atoms with van der Waals surface area (Å²) in [6, 6.07) is 18.3. The van der Waals surface area contributed by atoms with Gasteiger partial charge in [-0.15, -0.1) is 0 Å². The molecular formula is C22H24N2O2S. The predicted octanol–water partition coefficient (Wildman–Crippen LogP) is 4.17. The van der Waals surface area contributed by atoms with Crippen molar-refractivity contribution >= 4 is 26.3 Å². The zero-order valence-electron chi connectivity index (χ0n) is 15.2.